The summed E-state index contributed by atoms with van der Waals surface area (Å²) in [7, 11) is 0. The fourth-order valence-electron chi connectivity index (χ4n) is 2.85. The Balaban J connectivity index is 1.80. The van der Waals surface area contributed by atoms with Gasteiger partial charge in [-0.05, 0) is 43.3 Å². The Hall–Kier alpha value is -2.10. The van der Waals surface area contributed by atoms with Gasteiger partial charge in [0.1, 0.15) is 11.8 Å². The Morgan fingerprint density at radius 1 is 1.32 bits per heavy atom. The van der Waals surface area contributed by atoms with Crippen molar-refractivity contribution in [1.29, 1.82) is 0 Å². The van der Waals surface area contributed by atoms with Crippen molar-refractivity contribution < 1.29 is 23.9 Å². The first-order valence-corrected chi connectivity index (χ1v) is 11.1. The maximum atomic E-state index is 12.3. The number of amides is 2. The second-order valence-corrected chi connectivity index (χ2v) is 8.04. The summed E-state index contributed by atoms with van der Waals surface area (Å²) in [5.41, 5.74) is 0. The van der Waals surface area contributed by atoms with Gasteiger partial charge in [-0.3, -0.25) is 14.4 Å². The summed E-state index contributed by atoms with van der Waals surface area (Å²) in [6.45, 7) is 3.20. The predicted octanol–water partition coefficient (Wildman–Crippen LogP) is 2.70. The van der Waals surface area contributed by atoms with Crippen molar-refractivity contribution in [3.63, 3.8) is 0 Å². The number of benzene rings is 1. The normalized spacial score (nSPS) is 15.8. The van der Waals surface area contributed by atoms with Gasteiger partial charge in [-0.1, -0.05) is 30.1 Å². The summed E-state index contributed by atoms with van der Waals surface area (Å²) >= 11 is 17.2. The van der Waals surface area contributed by atoms with Crippen LogP contribution in [0.25, 0.3) is 0 Å². The number of esters is 1. The van der Waals surface area contributed by atoms with Gasteiger partial charge in [0, 0.05) is 24.5 Å². The quantitative estimate of drug-likeness (QED) is 0.312. The number of piperazine rings is 1. The van der Waals surface area contributed by atoms with Gasteiger partial charge in [-0.15, -0.1) is 0 Å². The minimum atomic E-state index is -0.818. The largest absolute Gasteiger partial charge is 0.492 e. The molecular formula is C20H25Cl2N3O5S. The molecule has 0 aliphatic carbocycles. The zero-order valence-electron chi connectivity index (χ0n) is 17.1. The second kappa shape index (κ2) is 12.7. The highest BCUT2D eigenvalue weighted by Gasteiger charge is 2.34. The average molecular weight is 490 g/mol. The minimum absolute atomic E-state index is 0.106. The van der Waals surface area contributed by atoms with E-state index in [2.05, 4.69) is 10.6 Å². The fourth-order valence-corrected chi connectivity index (χ4v) is 3.65. The molecule has 31 heavy (non-hydrogen) atoms. The lowest BCUT2D eigenvalue weighted by Crippen LogP contribution is -2.60. The van der Waals surface area contributed by atoms with Crippen LogP contribution in [0.15, 0.2) is 18.2 Å². The topological polar surface area (TPSA) is 97.0 Å². The van der Waals surface area contributed by atoms with Crippen LogP contribution in [0.4, 0.5) is 0 Å². The number of ether oxygens (including phenoxy) is 2. The number of carbonyl (C=O) groups is 3. The summed E-state index contributed by atoms with van der Waals surface area (Å²) in [6, 6.07) is 4.08. The standard InChI is InChI=1S/C20H25Cl2N3O5S/c1-2-9-30-18(27)12-15-19(28)23-7-8-25(15)20(31)24-17(26)4-3-10-29-16-6-5-13(21)11-14(16)22/h5-6,11,15H,2-4,7-10,12H2,1H3,(H,23,28)(H,24,26,31). The number of halogens is 2. The van der Waals surface area contributed by atoms with Crippen molar-refractivity contribution in [2.75, 3.05) is 26.3 Å². The summed E-state index contributed by atoms with van der Waals surface area (Å²) in [5.74, 6) is -0.640. The first-order valence-electron chi connectivity index (χ1n) is 9.93. The highest BCUT2D eigenvalue weighted by atomic mass is 35.5. The summed E-state index contributed by atoms with van der Waals surface area (Å²) < 4.78 is 10.6. The van der Waals surface area contributed by atoms with Crippen LogP contribution in [-0.2, 0) is 19.1 Å². The number of thiocarbonyl (C=S) groups is 1. The van der Waals surface area contributed by atoms with Gasteiger partial charge in [-0.2, -0.15) is 0 Å². The molecule has 1 aliphatic rings. The van der Waals surface area contributed by atoms with E-state index < -0.39 is 12.0 Å². The molecule has 1 unspecified atom stereocenters. The molecule has 1 atom stereocenters. The fraction of sp³-hybridized carbons (Fsp3) is 0.500. The molecular weight excluding hydrogens is 465 g/mol. The number of hydrogen-bond acceptors (Lipinski definition) is 6. The van der Waals surface area contributed by atoms with Gasteiger partial charge in [0.25, 0.3) is 0 Å². The third-order valence-electron chi connectivity index (χ3n) is 4.36. The molecule has 2 amide bonds. The lowest BCUT2D eigenvalue weighted by molar-refractivity contribution is -0.147. The lowest BCUT2D eigenvalue weighted by Gasteiger charge is -2.36. The van der Waals surface area contributed by atoms with Crippen LogP contribution in [0.2, 0.25) is 10.0 Å². The Bertz CT molecular complexity index is 824. The molecule has 1 saturated heterocycles. The van der Waals surface area contributed by atoms with Crippen LogP contribution in [0, 0.1) is 0 Å². The van der Waals surface area contributed by atoms with Crippen LogP contribution in [-0.4, -0.2) is 60.1 Å². The molecule has 0 radical (unpaired) electrons. The van der Waals surface area contributed by atoms with E-state index in [9.17, 15) is 14.4 Å². The molecule has 170 valence electrons. The van der Waals surface area contributed by atoms with E-state index in [0.717, 1.165) is 0 Å². The van der Waals surface area contributed by atoms with Crippen molar-refractivity contribution in [2.24, 2.45) is 0 Å². The van der Waals surface area contributed by atoms with Crippen LogP contribution in [0.5, 0.6) is 5.75 Å². The molecule has 0 bridgehead atoms. The first kappa shape index (κ1) is 25.2. The molecule has 1 heterocycles. The van der Waals surface area contributed by atoms with Crippen molar-refractivity contribution in [3.05, 3.63) is 28.2 Å². The average Bonchev–Trinajstić information content (AvgIpc) is 2.72. The number of carbonyl (C=O) groups excluding carboxylic acids is 3. The predicted molar refractivity (Wildman–Crippen MR) is 121 cm³/mol. The third kappa shape index (κ3) is 8.16. The summed E-state index contributed by atoms with van der Waals surface area (Å²) in [4.78, 5) is 38.0. The third-order valence-corrected chi connectivity index (χ3v) is 5.23. The molecule has 1 aromatic rings. The number of hydrogen-bond donors (Lipinski definition) is 2. The van der Waals surface area contributed by atoms with E-state index in [-0.39, 0.29) is 43.0 Å². The molecule has 0 saturated carbocycles. The van der Waals surface area contributed by atoms with E-state index in [1.54, 1.807) is 23.1 Å². The summed E-state index contributed by atoms with van der Waals surface area (Å²) in [5, 5.41) is 6.33. The molecule has 1 fully saturated rings. The van der Waals surface area contributed by atoms with Gasteiger partial charge in [0.15, 0.2) is 5.11 Å². The molecule has 0 aromatic heterocycles. The van der Waals surface area contributed by atoms with Crippen molar-refractivity contribution in [1.82, 2.24) is 15.5 Å². The second-order valence-electron chi connectivity index (χ2n) is 6.80. The Kier molecular flexibility index (Phi) is 10.3. The molecule has 1 aliphatic heterocycles. The maximum absolute atomic E-state index is 12.3. The van der Waals surface area contributed by atoms with Crippen LogP contribution in [0.3, 0.4) is 0 Å². The number of nitrogens with one attached hydrogen (secondary N) is 2. The maximum Gasteiger partial charge on any atom is 0.308 e. The molecule has 1 aromatic carbocycles. The molecule has 8 nitrogen and oxygen atoms in total. The number of nitrogens with zero attached hydrogens (tertiary/aromatic N) is 1. The van der Waals surface area contributed by atoms with Crippen LogP contribution >= 0.6 is 35.4 Å². The van der Waals surface area contributed by atoms with Gasteiger partial charge in [0.2, 0.25) is 11.8 Å². The minimum Gasteiger partial charge on any atom is -0.492 e. The Labute approximate surface area is 196 Å². The van der Waals surface area contributed by atoms with Gasteiger partial charge >= 0.3 is 5.97 Å². The summed E-state index contributed by atoms with van der Waals surface area (Å²) in [6.07, 6.45) is 1.14. The number of rotatable bonds is 9. The van der Waals surface area contributed by atoms with E-state index in [1.165, 1.54) is 0 Å². The molecule has 2 rings (SSSR count). The van der Waals surface area contributed by atoms with Crippen molar-refractivity contribution in [2.45, 2.75) is 38.6 Å². The SMILES string of the molecule is CCCOC(=O)CC1C(=O)NCCN1C(=S)NC(=O)CCCOc1ccc(Cl)cc1Cl. The lowest BCUT2D eigenvalue weighted by atomic mass is 10.1. The van der Waals surface area contributed by atoms with Gasteiger partial charge in [0.05, 0.1) is 24.7 Å². The molecule has 0 spiro atoms. The Morgan fingerprint density at radius 3 is 2.81 bits per heavy atom. The Morgan fingerprint density at radius 2 is 2.10 bits per heavy atom. The van der Waals surface area contributed by atoms with Crippen LogP contribution in [0.1, 0.15) is 32.6 Å². The highest BCUT2D eigenvalue weighted by molar-refractivity contribution is 7.80. The van der Waals surface area contributed by atoms with Gasteiger partial charge in [-0.25, -0.2) is 0 Å². The zero-order chi connectivity index (χ0) is 22.8. The zero-order valence-corrected chi connectivity index (χ0v) is 19.4. The van der Waals surface area contributed by atoms with Crippen LogP contribution < -0.4 is 15.4 Å². The van der Waals surface area contributed by atoms with Crippen molar-refractivity contribution in [3.8, 4) is 5.75 Å². The monoisotopic (exact) mass is 489 g/mol. The smallest absolute Gasteiger partial charge is 0.308 e. The molecule has 11 heteroatoms. The van der Waals surface area contributed by atoms with Crippen molar-refractivity contribution >= 4 is 58.3 Å². The van der Waals surface area contributed by atoms with E-state index in [4.69, 9.17) is 44.9 Å². The first-order chi connectivity index (χ1) is 14.8. The molecule has 2 N–H and O–H groups in total. The van der Waals surface area contributed by atoms with E-state index in [0.29, 0.717) is 41.7 Å². The van der Waals surface area contributed by atoms with E-state index in [1.807, 2.05) is 6.92 Å². The highest BCUT2D eigenvalue weighted by Crippen LogP contribution is 2.27. The van der Waals surface area contributed by atoms with E-state index >= 15 is 0 Å². The van der Waals surface area contributed by atoms with Gasteiger partial charge < -0.3 is 25.0 Å².